The summed E-state index contributed by atoms with van der Waals surface area (Å²) >= 11 is 3.30. The lowest BCUT2D eigenvalue weighted by Crippen LogP contribution is -2.26. The molecule has 2 rings (SSSR count). The normalized spacial score (nSPS) is 11.8. The highest BCUT2D eigenvalue weighted by molar-refractivity contribution is 9.10. The van der Waals surface area contributed by atoms with Gasteiger partial charge in [-0.25, -0.2) is 8.42 Å². The summed E-state index contributed by atoms with van der Waals surface area (Å²) in [5.41, 5.74) is 2.10. The third-order valence-corrected chi connectivity index (χ3v) is 5.28. The van der Waals surface area contributed by atoms with Gasteiger partial charge in [0.15, 0.2) is 0 Å². The molecule has 0 aromatic heterocycles. The molecular weight excluding hydrogens is 338 g/mol. The number of rotatable bonds is 4. The molecule has 5 heteroatoms. The average Bonchev–Trinajstić information content (AvgIpc) is 2.38. The van der Waals surface area contributed by atoms with Gasteiger partial charge < -0.3 is 0 Å². The summed E-state index contributed by atoms with van der Waals surface area (Å²) in [7, 11) is -1.87. The second-order valence-electron chi connectivity index (χ2n) is 4.71. The third kappa shape index (κ3) is 3.48. The fraction of sp³-hybridized carbons (Fsp3) is 0.200. The molecule has 0 bridgehead atoms. The minimum Gasteiger partial charge on any atom is -0.207 e. The van der Waals surface area contributed by atoms with Crippen LogP contribution in [0.5, 0.6) is 0 Å². The van der Waals surface area contributed by atoms with Gasteiger partial charge in [0.2, 0.25) is 10.0 Å². The largest absolute Gasteiger partial charge is 0.243 e. The van der Waals surface area contributed by atoms with E-state index in [1.54, 1.807) is 31.3 Å². The van der Waals surface area contributed by atoms with Crippen molar-refractivity contribution in [3.05, 3.63) is 64.1 Å². The van der Waals surface area contributed by atoms with Crippen molar-refractivity contribution in [1.29, 1.82) is 0 Å². The molecular formula is C15H16BrNO2S. The average molecular weight is 354 g/mol. The van der Waals surface area contributed by atoms with Crippen molar-refractivity contribution >= 4 is 26.0 Å². The van der Waals surface area contributed by atoms with Crippen LogP contribution in [0.3, 0.4) is 0 Å². The van der Waals surface area contributed by atoms with Crippen molar-refractivity contribution in [3.8, 4) is 0 Å². The third-order valence-electron chi connectivity index (χ3n) is 2.99. The Labute approximate surface area is 128 Å². The van der Waals surface area contributed by atoms with Gasteiger partial charge in [0, 0.05) is 18.1 Å². The van der Waals surface area contributed by atoms with Gasteiger partial charge in [0.05, 0.1) is 4.90 Å². The zero-order valence-corrected chi connectivity index (χ0v) is 13.8. The molecule has 0 heterocycles. The van der Waals surface area contributed by atoms with E-state index in [1.165, 1.54) is 4.31 Å². The lowest BCUT2D eigenvalue weighted by Gasteiger charge is -2.17. The zero-order valence-electron chi connectivity index (χ0n) is 11.4. The van der Waals surface area contributed by atoms with Gasteiger partial charge in [0.1, 0.15) is 0 Å². The second kappa shape index (κ2) is 6.08. The maximum Gasteiger partial charge on any atom is 0.243 e. The lowest BCUT2D eigenvalue weighted by molar-refractivity contribution is 0.466. The van der Waals surface area contributed by atoms with Crippen LogP contribution in [0.1, 0.15) is 11.1 Å². The number of benzene rings is 2. The minimum absolute atomic E-state index is 0.294. The minimum atomic E-state index is -3.47. The van der Waals surface area contributed by atoms with Crippen LogP contribution in [0.25, 0.3) is 0 Å². The van der Waals surface area contributed by atoms with E-state index >= 15 is 0 Å². The first-order valence-electron chi connectivity index (χ1n) is 6.17. The first kappa shape index (κ1) is 15.2. The number of hydrogen-bond donors (Lipinski definition) is 0. The van der Waals surface area contributed by atoms with Gasteiger partial charge in [-0.2, -0.15) is 4.31 Å². The van der Waals surface area contributed by atoms with Gasteiger partial charge in [-0.15, -0.1) is 0 Å². The lowest BCUT2D eigenvalue weighted by atomic mass is 10.1. The van der Waals surface area contributed by atoms with E-state index in [4.69, 9.17) is 0 Å². The first-order valence-corrected chi connectivity index (χ1v) is 8.40. The summed E-state index contributed by atoms with van der Waals surface area (Å²) in [6.45, 7) is 2.35. The summed E-state index contributed by atoms with van der Waals surface area (Å²) in [6, 6.07) is 14.6. The van der Waals surface area contributed by atoms with Gasteiger partial charge in [-0.05, 0) is 30.7 Å². The van der Waals surface area contributed by atoms with Gasteiger partial charge in [0.25, 0.3) is 0 Å². The van der Waals surface area contributed by atoms with Crippen molar-refractivity contribution in [2.24, 2.45) is 0 Å². The van der Waals surface area contributed by atoms with Crippen molar-refractivity contribution < 1.29 is 8.42 Å². The fourth-order valence-electron chi connectivity index (χ4n) is 1.96. The summed E-state index contributed by atoms with van der Waals surface area (Å²) in [4.78, 5) is 0.294. The number of halogens is 1. The summed E-state index contributed by atoms with van der Waals surface area (Å²) < 4.78 is 27.1. The van der Waals surface area contributed by atoms with E-state index < -0.39 is 10.0 Å². The molecule has 0 aliphatic rings. The number of hydrogen-bond acceptors (Lipinski definition) is 2. The molecule has 0 saturated carbocycles. The molecule has 0 fully saturated rings. The van der Waals surface area contributed by atoms with Crippen molar-refractivity contribution in [2.45, 2.75) is 18.4 Å². The van der Waals surface area contributed by atoms with Crippen LogP contribution in [0.4, 0.5) is 0 Å². The Morgan fingerprint density at radius 1 is 1.10 bits per heavy atom. The Hall–Kier alpha value is -1.17. The first-order chi connectivity index (χ1) is 9.39. The maximum atomic E-state index is 12.5. The predicted molar refractivity (Wildman–Crippen MR) is 84.0 cm³/mol. The molecule has 106 valence electrons. The Bertz CT molecular complexity index is 713. The van der Waals surface area contributed by atoms with E-state index in [0.29, 0.717) is 11.4 Å². The van der Waals surface area contributed by atoms with Crippen LogP contribution in [0.2, 0.25) is 0 Å². The monoisotopic (exact) mass is 353 g/mol. The Morgan fingerprint density at radius 3 is 2.45 bits per heavy atom. The molecule has 3 nitrogen and oxygen atoms in total. The van der Waals surface area contributed by atoms with Crippen molar-refractivity contribution in [3.63, 3.8) is 0 Å². The summed E-state index contributed by atoms with van der Waals surface area (Å²) in [5.74, 6) is 0. The summed E-state index contributed by atoms with van der Waals surface area (Å²) in [6.07, 6.45) is 0. The molecule has 2 aromatic carbocycles. The maximum absolute atomic E-state index is 12.5. The molecule has 20 heavy (non-hydrogen) atoms. The Kier molecular flexibility index (Phi) is 4.62. The molecule has 0 unspecified atom stereocenters. The van der Waals surface area contributed by atoms with E-state index in [9.17, 15) is 8.42 Å². The van der Waals surface area contributed by atoms with Gasteiger partial charge in [-0.1, -0.05) is 51.8 Å². The molecule has 0 aliphatic carbocycles. The zero-order chi connectivity index (χ0) is 14.8. The highest BCUT2D eigenvalue weighted by Crippen LogP contribution is 2.20. The van der Waals surface area contributed by atoms with E-state index in [-0.39, 0.29) is 0 Å². The van der Waals surface area contributed by atoms with Crippen LogP contribution in [0.15, 0.2) is 57.9 Å². The molecule has 0 spiro atoms. The second-order valence-corrected chi connectivity index (χ2v) is 7.67. The van der Waals surface area contributed by atoms with Crippen LogP contribution in [-0.4, -0.2) is 19.8 Å². The fourth-order valence-corrected chi connectivity index (χ4v) is 3.72. The highest BCUT2D eigenvalue weighted by atomic mass is 79.9. The summed E-state index contributed by atoms with van der Waals surface area (Å²) in [5, 5.41) is 0. The van der Waals surface area contributed by atoms with E-state index in [2.05, 4.69) is 15.9 Å². The number of nitrogens with zero attached hydrogens (tertiary/aromatic N) is 1. The molecule has 0 amide bonds. The van der Waals surface area contributed by atoms with Crippen LogP contribution < -0.4 is 0 Å². The Morgan fingerprint density at radius 2 is 1.80 bits per heavy atom. The Balaban J connectivity index is 2.26. The van der Waals surface area contributed by atoms with Crippen molar-refractivity contribution in [1.82, 2.24) is 4.31 Å². The molecule has 0 aliphatic heterocycles. The van der Waals surface area contributed by atoms with Crippen molar-refractivity contribution in [2.75, 3.05) is 7.05 Å². The van der Waals surface area contributed by atoms with Crippen LogP contribution in [-0.2, 0) is 16.6 Å². The topological polar surface area (TPSA) is 37.4 Å². The molecule has 0 N–H and O–H groups in total. The molecule has 0 radical (unpaired) electrons. The number of aryl methyl sites for hydroxylation is 1. The predicted octanol–water partition coefficient (Wildman–Crippen LogP) is 3.58. The van der Waals surface area contributed by atoms with Gasteiger partial charge >= 0.3 is 0 Å². The van der Waals surface area contributed by atoms with Crippen LogP contribution in [0, 0.1) is 6.92 Å². The molecule has 0 saturated heterocycles. The smallest absolute Gasteiger partial charge is 0.207 e. The number of sulfonamides is 1. The standard InChI is InChI=1S/C15H16BrNO2S/c1-12-5-3-6-13(9-12)11-17(2)20(18,19)15-8-4-7-14(16)10-15/h3-10H,11H2,1-2H3. The molecule has 2 aromatic rings. The SMILES string of the molecule is Cc1cccc(CN(C)S(=O)(=O)c2cccc(Br)c2)c1. The van der Waals surface area contributed by atoms with E-state index in [1.807, 2.05) is 31.2 Å². The highest BCUT2D eigenvalue weighted by Gasteiger charge is 2.20. The quantitative estimate of drug-likeness (QED) is 0.842. The molecule has 0 atom stereocenters. The van der Waals surface area contributed by atoms with Gasteiger partial charge in [-0.3, -0.25) is 0 Å². The van der Waals surface area contributed by atoms with Crippen LogP contribution >= 0.6 is 15.9 Å². The van der Waals surface area contributed by atoms with E-state index in [0.717, 1.165) is 15.6 Å².